The molecule has 3 rings (SSSR count). The number of carbonyl (C=O) groups excluding carboxylic acids is 2. The number of anilines is 2. The summed E-state index contributed by atoms with van der Waals surface area (Å²) in [7, 11) is 0. The number of hydrogen-bond acceptors (Lipinski definition) is 6. The lowest BCUT2D eigenvalue weighted by atomic mass is 10.1. The Morgan fingerprint density at radius 3 is 2.64 bits per heavy atom. The van der Waals surface area contributed by atoms with E-state index in [1.165, 1.54) is 17.2 Å². The number of rotatable bonds is 5. The van der Waals surface area contributed by atoms with Crippen LogP contribution in [0.15, 0.2) is 24.4 Å². The number of hydrogen-bond donors (Lipinski definition) is 1. The van der Waals surface area contributed by atoms with Gasteiger partial charge in [-0.15, -0.1) is 0 Å². The van der Waals surface area contributed by atoms with Crippen LogP contribution < -0.4 is 9.80 Å². The first-order valence-corrected chi connectivity index (χ1v) is 8.26. The maximum absolute atomic E-state index is 14.5. The first-order chi connectivity index (χ1) is 12.0. The van der Waals surface area contributed by atoms with Crippen LogP contribution in [0.5, 0.6) is 0 Å². The molecule has 134 valence electrons. The van der Waals surface area contributed by atoms with Gasteiger partial charge in [-0.05, 0) is 6.08 Å². The molecule has 1 aromatic rings. The Balaban J connectivity index is 1.82. The third-order valence-corrected chi connectivity index (χ3v) is 4.11. The predicted octanol–water partition coefficient (Wildman–Crippen LogP) is 2.49. The van der Waals surface area contributed by atoms with Gasteiger partial charge in [0.2, 0.25) is 0 Å². The summed E-state index contributed by atoms with van der Waals surface area (Å²) >= 11 is 3.89. The summed E-state index contributed by atoms with van der Waals surface area (Å²) in [6.45, 7) is 0.445. The Kier molecular flexibility index (Phi) is 5.24. The molecule has 0 radical (unpaired) electrons. The number of benzene rings is 1. The molecule has 0 bridgehead atoms. The highest BCUT2D eigenvalue weighted by Gasteiger charge is 2.34. The average molecular weight is 370 g/mol. The predicted molar refractivity (Wildman–Crippen MR) is 89.9 cm³/mol. The number of thiol groups is 1. The van der Waals surface area contributed by atoms with E-state index < -0.39 is 23.8 Å². The Morgan fingerprint density at radius 1 is 1.24 bits per heavy atom. The molecular weight excluding hydrogens is 354 g/mol. The Morgan fingerprint density at radius 2 is 1.96 bits per heavy atom. The third-order valence-electron chi connectivity index (χ3n) is 3.93. The molecule has 1 fully saturated rings. The van der Waals surface area contributed by atoms with Crippen LogP contribution in [0.4, 0.5) is 25.0 Å². The Bertz CT molecular complexity index is 728. The summed E-state index contributed by atoms with van der Waals surface area (Å²) in [4.78, 5) is 25.6. The van der Waals surface area contributed by atoms with Crippen LogP contribution in [0.25, 0.3) is 0 Å². The summed E-state index contributed by atoms with van der Waals surface area (Å²) in [6, 6.07) is 1.97. The number of amides is 1. The van der Waals surface area contributed by atoms with E-state index in [0.717, 1.165) is 17.0 Å². The molecule has 2 aliphatic heterocycles. The van der Waals surface area contributed by atoms with Crippen molar-refractivity contribution in [3.8, 4) is 0 Å². The molecule has 0 N–H and O–H groups in total. The van der Waals surface area contributed by atoms with E-state index in [9.17, 15) is 18.4 Å². The van der Waals surface area contributed by atoms with Gasteiger partial charge in [0.05, 0.1) is 30.5 Å². The fourth-order valence-corrected chi connectivity index (χ4v) is 2.81. The number of halogens is 2. The zero-order valence-electron chi connectivity index (χ0n) is 13.2. The number of carbonyl (C=O) groups is 2. The topological polar surface area (TPSA) is 59.1 Å². The lowest BCUT2D eigenvalue weighted by Gasteiger charge is -2.24. The molecule has 0 aliphatic carbocycles. The van der Waals surface area contributed by atoms with E-state index in [1.807, 2.05) is 0 Å². The number of ketones is 1. The first kappa shape index (κ1) is 17.7. The minimum absolute atomic E-state index is 0.00696. The SMILES string of the molecule is O=C1C=CN(c2cc(F)c(N3C[C@H](COCS)OC3=O)cc2F)CC1. The molecule has 1 saturated heterocycles. The molecule has 1 aromatic carbocycles. The van der Waals surface area contributed by atoms with Crippen molar-refractivity contribution >= 4 is 35.9 Å². The molecule has 0 unspecified atom stereocenters. The highest BCUT2D eigenvalue weighted by Crippen LogP contribution is 2.32. The van der Waals surface area contributed by atoms with Gasteiger partial charge in [-0.25, -0.2) is 13.6 Å². The minimum Gasteiger partial charge on any atom is -0.441 e. The summed E-state index contributed by atoms with van der Waals surface area (Å²) in [5.41, 5.74) is -0.191. The van der Waals surface area contributed by atoms with Crippen LogP contribution in [0.1, 0.15) is 6.42 Å². The van der Waals surface area contributed by atoms with Crippen LogP contribution in [0, 0.1) is 11.6 Å². The van der Waals surface area contributed by atoms with Crippen molar-refractivity contribution in [1.29, 1.82) is 0 Å². The summed E-state index contributed by atoms with van der Waals surface area (Å²) in [6.07, 6.45) is 1.63. The summed E-state index contributed by atoms with van der Waals surface area (Å²) < 4.78 is 39.1. The van der Waals surface area contributed by atoms with Gasteiger partial charge >= 0.3 is 6.09 Å². The summed E-state index contributed by atoms with van der Waals surface area (Å²) in [5, 5.41) is 0. The zero-order valence-corrected chi connectivity index (χ0v) is 14.0. The average Bonchev–Trinajstić information content (AvgIpc) is 2.96. The minimum atomic E-state index is -0.762. The van der Waals surface area contributed by atoms with Gasteiger partial charge in [0.25, 0.3) is 0 Å². The third kappa shape index (κ3) is 3.77. The standard InChI is InChI=1S/C16H16F2N2O4S/c17-12-6-15(20-7-11(8-23-9-25)24-16(20)22)13(18)5-14(12)19-3-1-10(21)2-4-19/h1,3,5-6,11,25H,2,4,7-9H2/t11-/m1/s1. The lowest BCUT2D eigenvalue weighted by molar-refractivity contribution is -0.114. The van der Waals surface area contributed by atoms with Gasteiger partial charge in [0, 0.05) is 31.3 Å². The van der Waals surface area contributed by atoms with Crippen LogP contribution in [0.3, 0.4) is 0 Å². The molecule has 2 heterocycles. The van der Waals surface area contributed by atoms with Crippen LogP contribution in [0.2, 0.25) is 0 Å². The highest BCUT2D eigenvalue weighted by molar-refractivity contribution is 7.80. The van der Waals surface area contributed by atoms with Crippen LogP contribution in [-0.2, 0) is 14.3 Å². The van der Waals surface area contributed by atoms with Gasteiger partial charge in [0.15, 0.2) is 5.78 Å². The molecule has 2 aliphatic rings. The number of nitrogens with zero attached hydrogens (tertiary/aromatic N) is 2. The van der Waals surface area contributed by atoms with Crippen molar-refractivity contribution in [3.05, 3.63) is 36.0 Å². The van der Waals surface area contributed by atoms with E-state index in [-0.39, 0.29) is 49.2 Å². The van der Waals surface area contributed by atoms with Gasteiger partial charge in [-0.1, -0.05) is 0 Å². The molecular formula is C16H16F2N2O4S. The van der Waals surface area contributed by atoms with Gasteiger partial charge in [0.1, 0.15) is 17.7 Å². The molecule has 9 heteroatoms. The summed E-state index contributed by atoms with van der Waals surface area (Å²) in [5.74, 6) is -1.35. The fraction of sp³-hybridized carbons (Fsp3) is 0.375. The van der Waals surface area contributed by atoms with Crippen molar-refractivity contribution in [2.45, 2.75) is 12.5 Å². The smallest absolute Gasteiger partial charge is 0.414 e. The number of ether oxygens (including phenoxy) is 2. The number of cyclic esters (lactones) is 1. The Labute approximate surface area is 148 Å². The molecule has 1 atom stereocenters. The van der Waals surface area contributed by atoms with Crippen molar-refractivity contribution in [2.24, 2.45) is 0 Å². The Hall–Kier alpha value is -2.13. The van der Waals surface area contributed by atoms with Gasteiger partial charge < -0.3 is 14.4 Å². The van der Waals surface area contributed by atoms with E-state index in [4.69, 9.17) is 9.47 Å². The molecule has 6 nitrogen and oxygen atoms in total. The fourth-order valence-electron chi connectivity index (χ4n) is 2.70. The van der Waals surface area contributed by atoms with Crippen molar-refractivity contribution in [1.82, 2.24) is 0 Å². The molecule has 0 saturated carbocycles. The number of allylic oxidation sites excluding steroid dienone is 1. The van der Waals surface area contributed by atoms with Crippen molar-refractivity contribution in [2.75, 3.05) is 35.4 Å². The maximum atomic E-state index is 14.5. The zero-order chi connectivity index (χ0) is 18.0. The lowest BCUT2D eigenvalue weighted by Crippen LogP contribution is -2.28. The van der Waals surface area contributed by atoms with Crippen LogP contribution in [-0.4, -0.2) is 43.6 Å². The highest BCUT2D eigenvalue weighted by atomic mass is 32.1. The first-order valence-electron chi connectivity index (χ1n) is 7.63. The van der Waals surface area contributed by atoms with Gasteiger partial charge in [-0.3, -0.25) is 9.69 Å². The molecule has 0 aromatic heterocycles. The van der Waals surface area contributed by atoms with Crippen molar-refractivity contribution < 1.29 is 27.8 Å². The molecule has 25 heavy (non-hydrogen) atoms. The maximum Gasteiger partial charge on any atom is 0.414 e. The normalized spacial score (nSPS) is 20.4. The van der Waals surface area contributed by atoms with Crippen LogP contribution >= 0.6 is 12.6 Å². The second kappa shape index (κ2) is 7.40. The van der Waals surface area contributed by atoms with E-state index >= 15 is 0 Å². The second-order valence-electron chi connectivity index (χ2n) is 5.60. The molecule has 0 spiro atoms. The van der Waals surface area contributed by atoms with E-state index in [0.29, 0.717) is 0 Å². The largest absolute Gasteiger partial charge is 0.441 e. The molecule has 1 amide bonds. The van der Waals surface area contributed by atoms with E-state index in [1.54, 1.807) is 0 Å². The van der Waals surface area contributed by atoms with Crippen molar-refractivity contribution in [3.63, 3.8) is 0 Å². The monoisotopic (exact) mass is 370 g/mol. The van der Waals surface area contributed by atoms with E-state index in [2.05, 4.69) is 12.6 Å². The quantitative estimate of drug-likeness (QED) is 0.638. The van der Waals surface area contributed by atoms with Gasteiger partial charge in [-0.2, -0.15) is 12.6 Å². The second-order valence-corrected chi connectivity index (χ2v) is 5.85.